The second-order valence-corrected chi connectivity index (χ2v) is 11.4. The van der Waals surface area contributed by atoms with Crippen LogP contribution in [0.25, 0.3) is 44.7 Å². The first kappa shape index (κ1) is 22.4. The van der Waals surface area contributed by atoms with Crippen LogP contribution >= 0.6 is 0 Å². The molecule has 2 aromatic heterocycles. The molecule has 0 radical (unpaired) electrons. The van der Waals surface area contributed by atoms with Crippen molar-refractivity contribution in [2.45, 2.75) is 63.1 Å². The lowest BCUT2D eigenvalue weighted by atomic mass is 9.70. The van der Waals surface area contributed by atoms with Crippen LogP contribution in [0.4, 0.5) is 0 Å². The number of fused-ring (bicyclic) bond motifs is 6. The Balaban J connectivity index is 1.21. The molecule has 5 unspecified atom stereocenters. The molecule has 5 atom stereocenters. The molecule has 3 aromatic carbocycles. The highest BCUT2D eigenvalue weighted by molar-refractivity contribution is 6.06. The van der Waals surface area contributed by atoms with Crippen LogP contribution in [0.3, 0.4) is 0 Å². The number of benzene rings is 3. The summed E-state index contributed by atoms with van der Waals surface area (Å²) in [6.07, 6.45) is 9.41. The van der Waals surface area contributed by atoms with Crippen LogP contribution < -0.4 is 0 Å². The molecule has 0 bridgehead atoms. The van der Waals surface area contributed by atoms with E-state index >= 15 is 0 Å². The van der Waals surface area contributed by atoms with E-state index in [2.05, 4.69) is 36.4 Å². The second-order valence-electron chi connectivity index (χ2n) is 11.4. The fourth-order valence-electron chi connectivity index (χ4n) is 7.33. The van der Waals surface area contributed by atoms with E-state index in [1.165, 1.54) is 25.7 Å². The monoisotopic (exact) mass is 501 g/mol. The number of rotatable bonds is 3. The summed E-state index contributed by atoms with van der Waals surface area (Å²) in [4.78, 5) is 15.2. The molecule has 1 saturated heterocycles. The summed E-state index contributed by atoms with van der Waals surface area (Å²) >= 11 is 0. The Labute approximate surface area is 222 Å². The highest BCUT2D eigenvalue weighted by atomic mass is 16.5. The third-order valence-corrected chi connectivity index (χ3v) is 9.17. The summed E-state index contributed by atoms with van der Waals surface area (Å²) in [5.74, 6) is 4.10. The first-order valence-corrected chi connectivity index (χ1v) is 14.2. The minimum Gasteiger partial charge on any atom is -0.456 e. The SMILES string of the molecule is c1ccc(-c2nc(-c3ccc4oc5ccccc5c4c3)nc(C3CCC4OC5CCCCC5C4C3)n2)cc1. The molecule has 0 amide bonds. The molecule has 2 saturated carbocycles. The van der Waals surface area contributed by atoms with Gasteiger partial charge in [0.25, 0.3) is 0 Å². The summed E-state index contributed by atoms with van der Waals surface area (Å²) in [7, 11) is 0. The predicted octanol–water partition coefficient (Wildman–Crippen LogP) is 7.95. The molecule has 8 rings (SSSR count). The standard InChI is InChI=1S/C33H31N3O2/c1-2-8-20(9-3-1)31-34-32(21-14-16-29-25(18-21)23-10-4-6-12-27(23)37-29)36-33(35-31)22-15-17-30-26(19-22)24-11-5-7-13-28(24)38-30/h1-4,6,8-10,12,14,16,18,22,24,26,28,30H,5,7,11,13,15,17,19H2. The molecule has 5 aromatic rings. The average Bonchev–Trinajstić information content (AvgIpc) is 3.55. The van der Waals surface area contributed by atoms with Gasteiger partial charge in [-0.25, -0.2) is 15.0 Å². The van der Waals surface area contributed by atoms with Gasteiger partial charge in [-0.15, -0.1) is 0 Å². The smallest absolute Gasteiger partial charge is 0.163 e. The van der Waals surface area contributed by atoms with E-state index in [9.17, 15) is 0 Å². The van der Waals surface area contributed by atoms with Crippen molar-refractivity contribution in [2.75, 3.05) is 0 Å². The Morgan fingerprint density at radius 2 is 1.37 bits per heavy atom. The van der Waals surface area contributed by atoms with Crippen LogP contribution in [0.1, 0.15) is 56.7 Å². The van der Waals surface area contributed by atoms with E-state index in [1.54, 1.807) is 0 Å². The molecule has 5 heteroatoms. The van der Waals surface area contributed by atoms with E-state index in [4.69, 9.17) is 24.1 Å². The molecule has 0 spiro atoms. The van der Waals surface area contributed by atoms with Gasteiger partial charge in [0, 0.05) is 27.8 Å². The fraction of sp³-hybridized carbons (Fsp3) is 0.364. The molecule has 1 aliphatic heterocycles. The van der Waals surface area contributed by atoms with Gasteiger partial charge in [0.05, 0.1) is 12.2 Å². The first-order valence-electron chi connectivity index (χ1n) is 14.2. The fourth-order valence-corrected chi connectivity index (χ4v) is 7.33. The summed E-state index contributed by atoms with van der Waals surface area (Å²) in [5, 5.41) is 2.21. The van der Waals surface area contributed by atoms with Gasteiger partial charge in [-0.05, 0) is 68.2 Å². The molecule has 190 valence electrons. The van der Waals surface area contributed by atoms with Gasteiger partial charge in [-0.3, -0.25) is 0 Å². The first-order chi connectivity index (χ1) is 18.8. The van der Waals surface area contributed by atoms with Crippen molar-refractivity contribution in [1.29, 1.82) is 0 Å². The zero-order valence-electron chi connectivity index (χ0n) is 21.4. The lowest BCUT2D eigenvalue weighted by molar-refractivity contribution is 0.00395. The molecule has 3 heterocycles. The molecule has 5 nitrogen and oxygen atoms in total. The maximum absolute atomic E-state index is 6.55. The van der Waals surface area contributed by atoms with Crippen molar-refractivity contribution in [3.05, 3.63) is 78.6 Å². The van der Waals surface area contributed by atoms with Crippen LogP contribution in [0.15, 0.2) is 77.2 Å². The number of hydrogen-bond donors (Lipinski definition) is 0. The zero-order chi connectivity index (χ0) is 25.1. The maximum atomic E-state index is 6.55. The minimum absolute atomic E-state index is 0.336. The lowest BCUT2D eigenvalue weighted by Crippen LogP contribution is -2.30. The van der Waals surface area contributed by atoms with Crippen molar-refractivity contribution >= 4 is 21.9 Å². The number of aromatic nitrogens is 3. The third kappa shape index (κ3) is 3.75. The Kier molecular flexibility index (Phi) is 5.32. The van der Waals surface area contributed by atoms with Crippen LogP contribution in [-0.2, 0) is 4.74 Å². The van der Waals surface area contributed by atoms with Gasteiger partial charge in [-0.2, -0.15) is 0 Å². The zero-order valence-corrected chi connectivity index (χ0v) is 21.4. The number of para-hydroxylation sites is 1. The van der Waals surface area contributed by atoms with Gasteiger partial charge in [-0.1, -0.05) is 61.4 Å². The molecule has 38 heavy (non-hydrogen) atoms. The predicted molar refractivity (Wildman–Crippen MR) is 149 cm³/mol. The number of nitrogens with zero attached hydrogens (tertiary/aromatic N) is 3. The number of ether oxygens (including phenoxy) is 1. The maximum Gasteiger partial charge on any atom is 0.163 e. The summed E-state index contributed by atoms with van der Waals surface area (Å²) in [6, 6.07) is 24.8. The Hall–Kier alpha value is -3.57. The van der Waals surface area contributed by atoms with Crippen LogP contribution in [0, 0.1) is 11.8 Å². The number of furan rings is 1. The van der Waals surface area contributed by atoms with Crippen LogP contribution in [0.5, 0.6) is 0 Å². The topological polar surface area (TPSA) is 61.0 Å². The van der Waals surface area contributed by atoms with Gasteiger partial charge >= 0.3 is 0 Å². The van der Waals surface area contributed by atoms with E-state index in [0.717, 1.165) is 69.8 Å². The van der Waals surface area contributed by atoms with Crippen molar-refractivity contribution in [3.63, 3.8) is 0 Å². The quantitative estimate of drug-likeness (QED) is 0.251. The van der Waals surface area contributed by atoms with E-state index < -0.39 is 0 Å². The molecule has 0 N–H and O–H groups in total. The van der Waals surface area contributed by atoms with E-state index in [0.29, 0.717) is 30.0 Å². The number of hydrogen-bond acceptors (Lipinski definition) is 5. The lowest BCUT2D eigenvalue weighted by Gasteiger charge is -2.33. The van der Waals surface area contributed by atoms with E-state index in [-0.39, 0.29) is 0 Å². The van der Waals surface area contributed by atoms with Gasteiger partial charge < -0.3 is 9.15 Å². The normalized spacial score (nSPS) is 26.9. The van der Waals surface area contributed by atoms with Crippen molar-refractivity contribution in [3.8, 4) is 22.8 Å². The van der Waals surface area contributed by atoms with Crippen molar-refractivity contribution in [2.24, 2.45) is 11.8 Å². The van der Waals surface area contributed by atoms with Crippen LogP contribution in [0.2, 0.25) is 0 Å². The molecule has 3 aliphatic rings. The molecule has 3 fully saturated rings. The van der Waals surface area contributed by atoms with Crippen molar-refractivity contribution in [1.82, 2.24) is 15.0 Å². The molecular weight excluding hydrogens is 470 g/mol. The largest absolute Gasteiger partial charge is 0.456 e. The van der Waals surface area contributed by atoms with Gasteiger partial charge in [0.15, 0.2) is 11.6 Å². The Bertz CT molecular complexity index is 1630. The summed E-state index contributed by atoms with van der Waals surface area (Å²) in [5.41, 5.74) is 3.80. The summed E-state index contributed by atoms with van der Waals surface area (Å²) < 4.78 is 12.6. The molecular formula is C33H31N3O2. The van der Waals surface area contributed by atoms with Crippen LogP contribution in [-0.4, -0.2) is 27.2 Å². The second kappa shape index (κ2) is 9.02. The molecule has 2 aliphatic carbocycles. The van der Waals surface area contributed by atoms with Crippen molar-refractivity contribution < 1.29 is 9.15 Å². The van der Waals surface area contributed by atoms with Gasteiger partial charge in [0.1, 0.15) is 17.0 Å². The highest BCUT2D eigenvalue weighted by Crippen LogP contribution is 2.50. The van der Waals surface area contributed by atoms with Gasteiger partial charge in [0.2, 0.25) is 0 Å². The van der Waals surface area contributed by atoms with E-state index in [1.807, 2.05) is 36.4 Å². The summed E-state index contributed by atoms with van der Waals surface area (Å²) in [6.45, 7) is 0. The third-order valence-electron chi connectivity index (χ3n) is 9.17. The average molecular weight is 502 g/mol. The Morgan fingerprint density at radius 1 is 0.605 bits per heavy atom. The Morgan fingerprint density at radius 3 is 2.29 bits per heavy atom. The highest BCUT2D eigenvalue weighted by Gasteiger charge is 2.48. The minimum atomic E-state index is 0.336.